The third-order valence-corrected chi connectivity index (χ3v) is 8.20. The van der Waals surface area contributed by atoms with E-state index >= 15 is 0 Å². The fraction of sp³-hybridized carbons (Fsp3) is 0.483. The molecule has 178 valence electrons. The molecule has 6 rings (SSSR count). The van der Waals surface area contributed by atoms with Gasteiger partial charge in [0.25, 0.3) is 0 Å². The molecule has 0 amide bonds. The van der Waals surface area contributed by atoms with Gasteiger partial charge in [0, 0.05) is 53.5 Å². The average Bonchev–Trinajstić information content (AvgIpc) is 3.46. The van der Waals surface area contributed by atoms with E-state index in [1.54, 1.807) is 0 Å². The first-order valence-electron chi connectivity index (χ1n) is 13.0. The van der Waals surface area contributed by atoms with Crippen LogP contribution >= 0.6 is 0 Å². The van der Waals surface area contributed by atoms with E-state index < -0.39 is 0 Å². The summed E-state index contributed by atoms with van der Waals surface area (Å²) in [7, 11) is 0. The van der Waals surface area contributed by atoms with Gasteiger partial charge in [-0.3, -0.25) is 0 Å². The number of likely N-dealkylation sites (tertiary alicyclic amines) is 1. The molecule has 3 aromatic heterocycles. The van der Waals surface area contributed by atoms with Gasteiger partial charge in [0.2, 0.25) is 0 Å². The third kappa shape index (κ3) is 3.75. The topological polar surface area (TPSA) is 56.9 Å². The molecule has 34 heavy (non-hydrogen) atoms. The van der Waals surface area contributed by atoms with Crippen LogP contribution < -0.4 is 0 Å². The van der Waals surface area contributed by atoms with Gasteiger partial charge in [0.1, 0.15) is 5.65 Å². The molecule has 0 saturated carbocycles. The molecule has 0 radical (unpaired) electrons. The van der Waals surface area contributed by atoms with Crippen LogP contribution in [0, 0.1) is 6.92 Å². The molecule has 0 spiro atoms. The number of rotatable bonds is 4. The Morgan fingerprint density at radius 2 is 1.85 bits per heavy atom. The number of H-pyrrole nitrogens is 2. The Labute approximate surface area is 201 Å². The van der Waals surface area contributed by atoms with E-state index in [0.717, 1.165) is 24.9 Å². The largest absolute Gasteiger partial charge is 0.381 e. The Kier molecular flexibility index (Phi) is 5.70. The minimum atomic E-state index is 0.427. The number of fused-ring (bicyclic) bond motifs is 2. The summed E-state index contributed by atoms with van der Waals surface area (Å²) in [6.07, 6.45) is 8.90. The first kappa shape index (κ1) is 21.9. The summed E-state index contributed by atoms with van der Waals surface area (Å²) in [6, 6.07) is 9.99. The molecule has 4 aromatic rings. The summed E-state index contributed by atoms with van der Waals surface area (Å²) in [5.41, 5.74) is 8.83. The third-order valence-electron chi connectivity index (χ3n) is 8.20. The monoisotopic (exact) mass is 456 g/mol. The number of piperidine rings is 1. The van der Waals surface area contributed by atoms with Crippen molar-refractivity contribution in [1.29, 1.82) is 0 Å². The molecule has 5 heteroatoms. The summed E-state index contributed by atoms with van der Waals surface area (Å²) in [5, 5.41) is 2.60. The Balaban J connectivity index is 1.33. The summed E-state index contributed by atoms with van der Waals surface area (Å²) >= 11 is 0. The van der Waals surface area contributed by atoms with Crippen molar-refractivity contribution in [3.05, 3.63) is 53.3 Å². The second-order valence-electron chi connectivity index (χ2n) is 10.6. The highest BCUT2D eigenvalue weighted by atomic mass is 16.5. The smallest absolute Gasteiger partial charge is 0.138 e. The van der Waals surface area contributed by atoms with Crippen LogP contribution in [0.2, 0.25) is 0 Å². The van der Waals surface area contributed by atoms with E-state index in [4.69, 9.17) is 4.74 Å². The van der Waals surface area contributed by atoms with Crippen LogP contribution in [0.5, 0.6) is 0 Å². The van der Waals surface area contributed by atoms with Crippen LogP contribution in [-0.2, 0) is 4.74 Å². The number of nitrogens with zero attached hydrogens (tertiary/aromatic N) is 2. The maximum Gasteiger partial charge on any atom is 0.138 e. The van der Waals surface area contributed by atoms with E-state index in [9.17, 15) is 0 Å². The Bertz CT molecular complexity index is 1300. The van der Waals surface area contributed by atoms with Gasteiger partial charge in [0.05, 0.1) is 5.69 Å². The quantitative estimate of drug-likeness (QED) is 0.368. The maximum absolute atomic E-state index is 5.58. The zero-order chi connectivity index (χ0) is 23.2. The van der Waals surface area contributed by atoms with Crippen LogP contribution in [0.1, 0.15) is 68.1 Å². The normalized spacial score (nSPS) is 19.1. The summed E-state index contributed by atoms with van der Waals surface area (Å²) in [5.74, 6) is 1.08. The number of aryl methyl sites for hydroxylation is 1. The minimum Gasteiger partial charge on any atom is -0.381 e. The molecule has 0 atom stereocenters. The van der Waals surface area contributed by atoms with Crippen LogP contribution in [0.15, 0.2) is 36.7 Å². The number of pyridine rings is 1. The molecule has 0 unspecified atom stereocenters. The van der Waals surface area contributed by atoms with E-state index in [2.05, 4.69) is 71.1 Å². The van der Waals surface area contributed by atoms with E-state index in [1.165, 1.54) is 83.0 Å². The van der Waals surface area contributed by atoms with Gasteiger partial charge >= 0.3 is 0 Å². The molecule has 1 aromatic carbocycles. The molecule has 2 fully saturated rings. The molecule has 2 saturated heterocycles. The molecular weight excluding hydrogens is 420 g/mol. The van der Waals surface area contributed by atoms with Gasteiger partial charge in [-0.25, -0.2) is 4.98 Å². The van der Waals surface area contributed by atoms with Gasteiger partial charge in [-0.2, -0.15) is 0 Å². The molecule has 0 aliphatic carbocycles. The number of benzene rings is 1. The summed E-state index contributed by atoms with van der Waals surface area (Å²) in [4.78, 5) is 14.4. The van der Waals surface area contributed by atoms with E-state index in [1.807, 2.05) is 6.20 Å². The van der Waals surface area contributed by atoms with Gasteiger partial charge in [-0.1, -0.05) is 19.9 Å². The maximum atomic E-state index is 5.58. The Hall–Kier alpha value is -2.63. The molecule has 2 aliphatic rings. The first-order chi connectivity index (χ1) is 16.6. The number of aromatic amines is 2. The van der Waals surface area contributed by atoms with Crippen LogP contribution in [0.25, 0.3) is 33.2 Å². The number of hydrogen-bond donors (Lipinski definition) is 2. The standard InChI is InChI=1S/C29H36N4O/c1-18(2)26-23-16-21(20-7-12-33(13-8-20)22-9-14-34-15-10-22)4-5-25(23)32-28(26)24-17-31-29-27(24)19(3)6-11-30-29/h4-6,11,16-18,20,22,32H,7-10,12-15H2,1-3H3,(H,30,31). The number of nitrogens with one attached hydrogen (secondary N) is 2. The highest BCUT2D eigenvalue weighted by Crippen LogP contribution is 2.41. The number of aromatic nitrogens is 3. The van der Waals surface area contributed by atoms with Crippen molar-refractivity contribution >= 4 is 21.9 Å². The lowest BCUT2D eigenvalue weighted by atomic mass is 9.86. The molecule has 5 heterocycles. The predicted molar refractivity (Wildman–Crippen MR) is 140 cm³/mol. The lowest BCUT2D eigenvalue weighted by Gasteiger charge is -2.39. The fourth-order valence-electron chi connectivity index (χ4n) is 6.36. The second-order valence-corrected chi connectivity index (χ2v) is 10.6. The number of ether oxygens (including phenoxy) is 1. The zero-order valence-corrected chi connectivity index (χ0v) is 20.7. The van der Waals surface area contributed by atoms with Crippen molar-refractivity contribution in [3.63, 3.8) is 0 Å². The van der Waals surface area contributed by atoms with Gasteiger partial charge in [-0.05, 0) is 92.4 Å². The van der Waals surface area contributed by atoms with Crippen molar-refractivity contribution in [1.82, 2.24) is 19.9 Å². The molecule has 2 N–H and O–H groups in total. The van der Waals surface area contributed by atoms with Crippen molar-refractivity contribution in [2.45, 2.75) is 64.3 Å². The van der Waals surface area contributed by atoms with Gasteiger partial charge < -0.3 is 19.6 Å². The molecule has 5 nitrogen and oxygen atoms in total. The van der Waals surface area contributed by atoms with Crippen molar-refractivity contribution in [2.75, 3.05) is 26.3 Å². The first-order valence-corrected chi connectivity index (χ1v) is 13.0. The highest BCUT2D eigenvalue weighted by Gasteiger charge is 2.28. The van der Waals surface area contributed by atoms with Crippen molar-refractivity contribution in [3.8, 4) is 11.3 Å². The zero-order valence-electron chi connectivity index (χ0n) is 20.7. The van der Waals surface area contributed by atoms with E-state index in [-0.39, 0.29) is 0 Å². The Morgan fingerprint density at radius 3 is 2.62 bits per heavy atom. The van der Waals surface area contributed by atoms with E-state index in [0.29, 0.717) is 11.8 Å². The summed E-state index contributed by atoms with van der Waals surface area (Å²) < 4.78 is 5.58. The van der Waals surface area contributed by atoms with Crippen LogP contribution in [0.4, 0.5) is 0 Å². The number of hydrogen-bond acceptors (Lipinski definition) is 3. The fourth-order valence-corrected chi connectivity index (χ4v) is 6.36. The minimum absolute atomic E-state index is 0.427. The van der Waals surface area contributed by atoms with Gasteiger partial charge in [-0.15, -0.1) is 0 Å². The average molecular weight is 457 g/mol. The SMILES string of the molecule is Cc1ccnc2[nH]cc(-c3[nH]c4ccc(C5CCN(C6CCOCC6)CC5)cc4c3C(C)C)c12. The second kappa shape index (κ2) is 8.86. The lowest BCUT2D eigenvalue weighted by molar-refractivity contribution is 0.0252. The van der Waals surface area contributed by atoms with Crippen LogP contribution in [0.3, 0.4) is 0 Å². The van der Waals surface area contributed by atoms with Crippen LogP contribution in [-0.4, -0.2) is 52.2 Å². The molecule has 0 bridgehead atoms. The van der Waals surface area contributed by atoms with Crippen molar-refractivity contribution < 1.29 is 4.74 Å². The highest BCUT2D eigenvalue weighted by molar-refractivity contribution is 6.00. The van der Waals surface area contributed by atoms with Gasteiger partial charge in [0.15, 0.2) is 0 Å². The molecule has 2 aliphatic heterocycles. The summed E-state index contributed by atoms with van der Waals surface area (Å²) in [6.45, 7) is 11.1. The Morgan fingerprint density at radius 1 is 1.06 bits per heavy atom. The van der Waals surface area contributed by atoms with Crippen molar-refractivity contribution in [2.24, 2.45) is 0 Å². The lowest BCUT2D eigenvalue weighted by Crippen LogP contribution is -2.43. The molecular formula is C29H36N4O. The predicted octanol–water partition coefficient (Wildman–Crippen LogP) is 6.50.